The molecule has 3 heterocycles. The van der Waals surface area contributed by atoms with Crippen LogP contribution < -0.4 is 10.6 Å². The highest BCUT2D eigenvalue weighted by molar-refractivity contribution is 7.17. The molecule has 1 amide bonds. The number of nitrogens with zero attached hydrogens (tertiary/aromatic N) is 3. The van der Waals surface area contributed by atoms with Crippen molar-refractivity contribution in [2.45, 2.75) is 13.3 Å². The van der Waals surface area contributed by atoms with Crippen molar-refractivity contribution >= 4 is 33.3 Å². The van der Waals surface area contributed by atoms with E-state index < -0.39 is 0 Å². The molecule has 1 aromatic carbocycles. The number of aromatic nitrogens is 2. The van der Waals surface area contributed by atoms with Gasteiger partial charge in [-0.15, -0.1) is 11.3 Å². The second-order valence-electron chi connectivity index (χ2n) is 6.12. The number of benzene rings is 1. The van der Waals surface area contributed by atoms with Gasteiger partial charge in [0.1, 0.15) is 16.5 Å². The molecule has 1 aliphatic rings. The molecule has 5 nitrogen and oxygen atoms in total. The van der Waals surface area contributed by atoms with Gasteiger partial charge in [0.2, 0.25) is 5.91 Å². The van der Waals surface area contributed by atoms with Gasteiger partial charge in [-0.2, -0.15) is 0 Å². The highest BCUT2D eigenvalue weighted by Crippen LogP contribution is 2.39. The SMILES string of the molecule is Cc1nc(N2CCC(C(N)=O)C2)c2c(-c3ccccc3)csc2n1. The van der Waals surface area contributed by atoms with Crippen LogP contribution in [0.2, 0.25) is 0 Å². The van der Waals surface area contributed by atoms with Crippen molar-refractivity contribution in [2.24, 2.45) is 11.7 Å². The molecule has 24 heavy (non-hydrogen) atoms. The molecule has 1 atom stereocenters. The number of fused-ring (bicyclic) bond motifs is 1. The van der Waals surface area contributed by atoms with E-state index in [2.05, 4.69) is 27.4 Å². The maximum absolute atomic E-state index is 11.5. The fourth-order valence-corrected chi connectivity index (χ4v) is 4.26. The molecule has 0 spiro atoms. The molecule has 0 saturated carbocycles. The summed E-state index contributed by atoms with van der Waals surface area (Å²) in [5.41, 5.74) is 7.79. The van der Waals surface area contributed by atoms with Gasteiger partial charge in [-0.3, -0.25) is 4.79 Å². The van der Waals surface area contributed by atoms with Crippen LogP contribution in [0.4, 0.5) is 5.82 Å². The number of anilines is 1. The average Bonchev–Trinajstić information content (AvgIpc) is 3.22. The van der Waals surface area contributed by atoms with E-state index in [4.69, 9.17) is 10.7 Å². The number of carbonyl (C=O) groups excluding carboxylic acids is 1. The number of primary amides is 1. The van der Waals surface area contributed by atoms with Crippen molar-refractivity contribution < 1.29 is 4.79 Å². The standard InChI is InChI=1S/C18H18N4OS/c1-11-20-17(22-8-7-13(9-22)16(19)23)15-14(10-24-18(15)21-11)12-5-3-2-4-6-12/h2-6,10,13H,7-9H2,1H3,(H2,19,23). The van der Waals surface area contributed by atoms with E-state index in [0.717, 1.165) is 46.0 Å². The van der Waals surface area contributed by atoms with E-state index >= 15 is 0 Å². The molecule has 0 bridgehead atoms. The zero-order chi connectivity index (χ0) is 16.7. The van der Waals surface area contributed by atoms with Crippen molar-refractivity contribution in [3.8, 4) is 11.1 Å². The van der Waals surface area contributed by atoms with Gasteiger partial charge in [0, 0.05) is 24.0 Å². The lowest BCUT2D eigenvalue weighted by Gasteiger charge is -2.19. The summed E-state index contributed by atoms with van der Waals surface area (Å²) in [6.07, 6.45) is 0.782. The van der Waals surface area contributed by atoms with Crippen LogP contribution in [0, 0.1) is 12.8 Å². The number of aryl methyl sites for hydroxylation is 1. The predicted octanol–water partition coefficient (Wildman–Crippen LogP) is 2.98. The Kier molecular flexibility index (Phi) is 3.69. The molecule has 1 unspecified atom stereocenters. The van der Waals surface area contributed by atoms with Crippen molar-refractivity contribution in [1.29, 1.82) is 0 Å². The molecule has 1 aliphatic heterocycles. The Hall–Kier alpha value is -2.47. The average molecular weight is 338 g/mol. The number of amides is 1. The van der Waals surface area contributed by atoms with Gasteiger partial charge in [0.05, 0.1) is 11.3 Å². The van der Waals surface area contributed by atoms with Crippen LogP contribution in [-0.4, -0.2) is 29.0 Å². The monoisotopic (exact) mass is 338 g/mol. The van der Waals surface area contributed by atoms with Gasteiger partial charge >= 0.3 is 0 Å². The van der Waals surface area contributed by atoms with Crippen molar-refractivity contribution in [3.05, 3.63) is 41.5 Å². The van der Waals surface area contributed by atoms with E-state index in [9.17, 15) is 4.79 Å². The van der Waals surface area contributed by atoms with Gasteiger partial charge < -0.3 is 10.6 Å². The van der Waals surface area contributed by atoms with E-state index in [0.29, 0.717) is 6.54 Å². The zero-order valence-corrected chi connectivity index (χ0v) is 14.2. The van der Waals surface area contributed by atoms with Crippen LogP contribution in [0.3, 0.4) is 0 Å². The molecule has 0 aliphatic carbocycles. The van der Waals surface area contributed by atoms with E-state index in [1.165, 1.54) is 0 Å². The first-order chi connectivity index (χ1) is 11.6. The molecule has 1 saturated heterocycles. The first-order valence-electron chi connectivity index (χ1n) is 7.99. The Morgan fingerprint density at radius 3 is 2.79 bits per heavy atom. The van der Waals surface area contributed by atoms with Crippen molar-refractivity contribution in [1.82, 2.24) is 9.97 Å². The Labute approximate surface area is 144 Å². The molecular formula is C18H18N4OS. The number of rotatable bonds is 3. The number of thiophene rings is 1. The summed E-state index contributed by atoms with van der Waals surface area (Å²) in [6.45, 7) is 3.33. The largest absolute Gasteiger partial charge is 0.369 e. The topological polar surface area (TPSA) is 72.1 Å². The number of hydrogen-bond acceptors (Lipinski definition) is 5. The summed E-state index contributed by atoms with van der Waals surface area (Å²) in [4.78, 5) is 24.0. The summed E-state index contributed by atoms with van der Waals surface area (Å²) in [6, 6.07) is 10.3. The third-order valence-electron chi connectivity index (χ3n) is 4.50. The van der Waals surface area contributed by atoms with Crippen LogP contribution in [-0.2, 0) is 4.79 Å². The maximum Gasteiger partial charge on any atom is 0.222 e. The summed E-state index contributed by atoms with van der Waals surface area (Å²) >= 11 is 1.63. The molecule has 0 radical (unpaired) electrons. The van der Waals surface area contributed by atoms with E-state index in [-0.39, 0.29) is 11.8 Å². The fourth-order valence-electron chi connectivity index (χ4n) is 3.27. The predicted molar refractivity (Wildman–Crippen MR) is 97.1 cm³/mol. The lowest BCUT2D eigenvalue weighted by atomic mass is 10.1. The Balaban J connectivity index is 1.86. The Morgan fingerprint density at radius 1 is 1.29 bits per heavy atom. The van der Waals surface area contributed by atoms with Gasteiger partial charge in [-0.1, -0.05) is 30.3 Å². The van der Waals surface area contributed by atoms with Gasteiger partial charge in [-0.25, -0.2) is 9.97 Å². The zero-order valence-electron chi connectivity index (χ0n) is 13.4. The number of carbonyl (C=O) groups is 1. The quantitative estimate of drug-likeness (QED) is 0.797. The minimum absolute atomic E-state index is 0.103. The molecule has 2 aromatic heterocycles. The minimum Gasteiger partial charge on any atom is -0.369 e. The molecule has 4 rings (SSSR count). The highest BCUT2D eigenvalue weighted by atomic mass is 32.1. The third kappa shape index (κ3) is 2.53. The van der Waals surface area contributed by atoms with Crippen molar-refractivity contribution in [2.75, 3.05) is 18.0 Å². The van der Waals surface area contributed by atoms with E-state index in [1.807, 2.05) is 25.1 Å². The third-order valence-corrected chi connectivity index (χ3v) is 5.37. The highest BCUT2D eigenvalue weighted by Gasteiger charge is 2.29. The van der Waals surface area contributed by atoms with Gasteiger partial charge in [0.15, 0.2) is 0 Å². The fraction of sp³-hybridized carbons (Fsp3) is 0.278. The van der Waals surface area contributed by atoms with Gasteiger partial charge in [0.25, 0.3) is 0 Å². The molecular weight excluding hydrogens is 320 g/mol. The minimum atomic E-state index is -0.229. The van der Waals surface area contributed by atoms with Gasteiger partial charge in [-0.05, 0) is 18.9 Å². The first-order valence-corrected chi connectivity index (χ1v) is 8.87. The summed E-state index contributed by atoms with van der Waals surface area (Å²) < 4.78 is 0. The number of nitrogens with two attached hydrogens (primary N) is 1. The molecule has 3 aromatic rings. The van der Waals surface area contributed by atoms with Crippen LogP contribution in [0.15, 0.2) is 35.7 Å². The van der Waals surface area contributed by atoms with Crippen LogP contribution in [0.1, 0.15) is 12.2 Å². The van der Waals surface area contributed by atoms with Crippen molar-refractivity contribution in [3.63, 3.8) is 0 Å². The second-order valence-corrected chi connectivity index (χ2v) is 6.98. The smallest absolute Gasteiger partial charge is 0.222 e. The summed E-state index contributed by atoms with van der Waals surface area (Å²) in [7, 11) is 0. The molecule has 2 N–H and O–H groups in total. The maximum atomic E-state index is 11.5. The number of hydrogen-bond donors (Lipinski definition) is 1. The lowest BCUT2D eigenvalue weighted by Crippen LogP contribution is -2.28. The Bertz CT molecular complexity index is 906. The van der Waals surface area contributed by atoms with Crippen LogP contribution >= 0.6 is 11.3 Å². The Morgan fingerprint density at radius 2 is 2.08 bits per heavy atom. The summed E-state index contributed by atoms with van der Waals surface area (Å²) in [5, 5.41) is 3.21. The summed E-state index contributed by atoms with van der Waals surface area (Å²) in [5.74, 6) is 1.34. The second kappa shape index (κ2) is 5.87. The molecule has 6 heteroatoms. The lowest BCUT2D eigenvalue weighted by molar-refractivity contribution is -0.121. The van der Waals surface area contributed by atoms with E-state index in [1.54, 1.807) is 11.3 Å². The molecule has 1 fully saturated rings. The van der Waals surface area contributed by atoms with Crippen LogP contribution in [0.5, 0.6) is 0 Å². The van der Waals surface area contributed by atoms with Crippen LogP contribution in [0.25, 0.3) is 21.3 Å². The normalized spacial score (nSPS) is 17.5. The first kappa shape index (κ1) is 15.1. The molecule has 122 valence electrons.